The first-order chi connectivity index (χ1) is 17.0. The van der Waals surface area contributed by atoms with Crippen LogP contribution in [0.2, 0.25) is 0 Å². The zero-order valence-electron chi connectivity index (χ0n) is 19.9. The molecule has 1 saturated heterocycles. The quantitative estimate of drug-likeness (QED) is 0.377. The topological polar surface area (TPSA) is 51.6 Å². The fourth-order valence-corrected chi connectivity index (χ4v) is 5.60. The van der Waals surface area contributed by atoms with Gasteiger partial charge in [-0.3, -0.25) is 4.98 Å². The molecule has 176 valence electrons. The maximum absolute atomic E-state index is 5.91. The number of nitrogens with one attached hydrogen (secondary N) is 1. The molecule has 0 radical (unpaired) electrons. The second-order valence-electron chi connectivity index (χ2n) is 8.98. The Hall–Kier alpha value is -3.84. The van der Waals surface area contributed by atoms with Gasteiger partial charge in [0.15, 0.2) is 16.6 Å². The van der Waals surface area contributed by atoms with Crippen molar-refractivity contribution in [2.75, 3.05) is 11.7 Å². The Morgan fingerprint density at radius 3 is 2.54 bits per heavy atom. The third-order valence-electron chi connectivity index (χ3n) is 6.88. The normalized spacial score (nSPS) is 18.7. The van der Waals surface area contributed by atoms with Crippen LogP contribution < -0.4 is 19.7 Å². The van der Waals surface area contributed by atoms with E-state index in [9.17, 15) is 0 Å². The van der Waals surface area contributed by atoms with Gasteiger partial charge in [-0.1, -0.05) is 24.3 Å². The van der Waals surface area contributed by atoms with Crippen molar-refractivity contribution >= 4 is 23.0 Å². The van der Waals surface area contributed by atoms with E-state index in [1.165, 1.54) is 28.2 Å². The van der Waals surface area contributed by atoms with Gasteiger partial charge in [-0.15, -0.1) is 0 Å². The van der Waals surface area contributed by atoms with Gasteiger partial charge in [0.05, 0.1) is 17.8 Å². The predicted octanol–water partition coefficient (Wildman–Crippen LogP) is 5.70. The molecular formula is C28H26N4O2S. The Bertz CT molecular complexity index is 1430. The number of fused-ring (bicyclic) bond motifs is 1. The van der Waals surface area contributed by atoms with Crippen LogP contribution in [0.3, 0.4) is 0 Å². The van der Waals surface area contributed by atoms with E-state index in [-0.39, 0.29) is 18.9 Å². The lowest BCUT2D eigenvalue weighted by molar-refractivity contribution is 0.174. The lowest BCUT2D eigenvalue weighted by atomic mass is 9.96. The van der Waals surface area contributed by atoms with Crippen LogP contribution in [0.5, 0.6) is 11.5 Å². The van der Waals surface area contributed by atoms with Gasteiger partial charge in [0.1, 0.15) is 0 Å². The van der Waals surface area contributed by atoms with Gasteiger partial charge in [0.2, 0.25) is 6.79 Å². The Morgan fingerprint density at radius 1 is 0.943 bits per heavy atom. The number of rotatable bonds is 4. The lowest BCUT2D eigenvalue weighted by Crippen LogP contribution is -2.29. The number of hydrogen-bond acceptors (Lipinski definition) is 4. The average molecular weight is 483 g/mol. The van der Waals surface area contributed by atoms with Crippen molar-refractivity contribution in [1.29, 1.82) is 0 Å². The van der Waals surface area contributed by atoms with Gasteiger partial charge in [-0.2, -0.15) is 0 Å². The van der Waals surface area contributed by atoms with E-state index in [4.69, 9.17) is 21.7 Å². The highest BCUT2D eigenvalue weighted by Crippen LogP contribution is 2.46. The van der Waals surface area contributed by atoms with Gasteiger partial charge in [-0.25, -0.2) is 0 Å². The second kappa shape index (κ2) is 8.43. The third kappa shape index (κ3) is 3.54. The minimum atomic E-state index is -0.111. The van der Waals surface area contributed by atoms with Crippen molar-refractivity contribution in [3.63, 3.8) is 0 Å². The molecule has 6 rings (SSSR count). The Balaban J connectivity index is 1.52. The fraction of sp³-hybridized carbons (Fsp3) is 0.214. The van der Waals surface area contributed by atoms with E-state index in [1.807, 2.05) is 36.5 Å². The molecule has 4 aromatic rings. The number of para-hydroxylation sites is 1. The average Bonchev–Trinajstić information content (AvgIpc) is 3.55. The van der Waals surface area contributed by atoms with Crippen LogP contribution in [0.15, 0.2) is 72.9 Å². The van der Waals surface area contributed by atoms with Crippen molar-refractivity contribution in [2.45, 2.75) is 32.9 Å². The highest BCUT2D eigenvalue weighted by molar-refractivity contribution is 7.80. The number of nitrogens with zero attached hydrogens (tertiary/aromatic N) is 3. The lowest BCUT2D eigenvalue weighted by Gasteiger charge is -2.28. The van der Waals surface area contributed by atoms with E-state index in [0.717, 1.165) is 22.9 Å². The fourth-order valence-electron chi connectivity index (χ4n) is 5.26. The summed E-state index contributed by atoms with van der Waals surface area (Å²) in [5, 5.41) is 4.21. The van der Waals surface area contributed by atoms with E-state index in [1.54, 1.807) is 0 Å². The molecule has 4 heterocycles. The van der Waals surface area contributed by atoms with Gasteiger partial charge in [0.25, 0.3) is 0 Å². The molecule has 2 atom stereocenters. The molecule has 0 bridgehead atoms. The van der Waals surface area contributed by atoms with Crippen molar-refractivity contribution in [3.8, 4) is 17.2 Å². The number of ether oxygens (including phenoxy) is 2. The summed E-state index contributed by atoms with van der Waals surface area (Å²) in [5.74, 6) is 1.48. The highest BCUT2D eigenvalue weighted by Gasteiger charge is 2.42. The van der Waals surface area contributed by atoms with Crippen molar-refractivity contribution in [2.24, 2.45) is 0 Å². The molecule has 2 aromatic carbocycles. The predicted molar refractivity (Wildman–Crippen MR) is 140 cm³/mol. The number of aromatic nitrogens is 2. The van der Waals surface area contributed by atoms with Crippen LogP contribution >= 0.6 is 12.2 Å². The molecular weight excluding hydrogens is 456 g/mol. The molecule has 2 aliphatic rings. The van der Waals surface area contributed by atoms with E-state index < -0.39 is 0 Å². The molecule has 0 aliphatic carbocycles. The molecule has 0 spiro atoms. The maximum Gasteiger partial charge on any atom is 0.231 e. The summed E-state index contributed by atoms with van der Waals surface area (Å²) in [5.41, 5.74) is 7.88. The van der Waals surface area contributed by atoms with Crippen molar-refractivity contribution < 1.29 is 9.47 Å². The molecule has 1 N–H and O–H groups in total. The van der Waals surface area contributed by atoms with Crippen LogP contribution in [0.4, 0.5) is 5.69 Å². The monoisotopic (exact) mass is 482 g/mol. The van der Waals surface area contributed by atoms with Gasteiger partial charge in [0, 0.05) is 35.0 Å². The number of pyridine rings is 1. The molecule has 2 aromatic heterocycles. The minimum Gasteiger partial charge on any atom is -0.454 e. The summed E-state index contributed by atoms with van der Waals surface area (Å²) in [4.78, 5) is 6.87. The molecule has 6 nitrogen and oxygen atoms in total. The Labute approximate surface area is 210 Å². The van der Waals surface area contributed by atoms with Crippen LogP contribution in [0.25, 0.3) is 5.69 Å². The summed E-state index contributed by atoms with van der Waals surface area (Å²) in [7, 11) is 0. The molecule has 0 unspecified atom stereocenters. The number of aryl methyl sites for hydroxylation is 2. The maximum atomic E-state index is 5.91. The highest BCUT2D eigenvalue weighted by atomic mass is 32.1. The second-order valence-corrected chi connectivity index (χ2v) is 9.37. The number of hydrogen-bond donors (Lipinski definition) is 1. The first-order valence-corrected chi connectivity index (χ1v) is 12.1. The molecule has 2 aliphatic heterocycles. The van der Waals surface area contributed by atoms with Gasteiger partial charge in [-0.05, 0) is 80.5 Å². The van der Waals surface area contributed by atoms with E-state index in [0.29, 0.717) is 5.11 Å². The van der Waals surface area contributed by atoms with Crippen molar-refractivity contribution in [3.05, 3.63) is 101 Å². The number of anilines is 1. The molecule has 35 heavy (non-hydrogen) atoms. The summed E-state index contributed by atoms with van der Waals surface area (Å²) < 4.78 is 13.5. The number of benzene rings is 2. The Morgan fingerprint density at radius 2 is 1.74 bits per heavy atom. The van der Waals surface area contributed by atoms with E-state index >= 15 is 0 Å². The largest absolute Gasteiger partial charge is 0.454 e. The summed E-state index contributed by atoms with van der Waals surface area (Å²) in [6.45, 7) is 6.72. The third-order valence-corrected chi connectivity index (χ3v) is 7.19. The minimum absolute atomic E-state index is 0.0956. The van der Waals surface area contributed by atoms with Gasteiger partial charge < -0.3 is 24.3 Å². The molecule has 1 fully saturated rings. The summed E-state index contributed by atoms with van der Waals surface area (Å²) in [6.07, 6.45) is 1.83. The standard InChI is InChI=1S/C28H26N4O2S/c1-17-8-4-5-10-23(17)31-18(2)14-21(19(31)3)27-26(22-9-6-7-13-29-22)30-28(35)32(27)20-11-12-24-25(15-20)34-16-33-24/h4-15,26-27H,16H2,1-3H3,(H,30,35)/t26-,27+/m1/s1. The van der Waals surface area contributed by atoms with E-state index in [2.05, 4.69) is 76.9 Å². The van der Waals surface area contributed by atoms with Crippen LogP contribution in [0.1, 0.15) is 40.3 Å². The zero-order valence-corrected chi connectivity index (χ0v) is 20.7. The van der Waals surface area contributed by atoms with Crippen LogP contribution in [-0.4, -0.2) is 21.5 Å². The molecule has 0 saturated carbocycles. The summed E-state index contributed by atoms with van der Waals surface area (Å²) >= 11 is 5.91. The smallest absolute Gasteiger partial charge is 0.231 e. The molecule has 7 heteroatoms. The first kappa shape index (κ1) is 21.7. The van der Waals surface area contributed by atoms with Crippen molar-refractivity contribution in [1.82, 2.24) is 14.9 Å². The summed E-state index contributed by atoms with van der Waals surface area (Å²) in [6, 6.07) is 22.5. The zero-order chi connectivity index (χ0) is 24.1. The number of thiocarbonyl (C=S) groups is 1. The van der Waals surface area contributed by atoms with Gasteiger partial charge >= 0.3 is 0 Å². The first-order valence-electron chi connectivity index (χ1n) is 11.7. The van der Waals surface area contributed by atoms with Crippen LogP contribution in [0, 0.1) is 20.8 Å². The molecule has 0 amide bonds. The Kier molecular flexibility index (Phi) is 5.22. The van der Waals surface area contributed by atoms with Crippen LogP contribution in [-0.2, 0) is 0 Å². The SMILES string of the molecule is Cc1ccccc1-n1c(C)cc([C@H]2[C@@H](c3ccccn3)NC(=S)N2c2ccc3c(c2)OCO3)c1C.